The van der Waals surface area contributed by atoms with E-state index in [1.54, 1.807) is 0 Å². The Kier molecular flexibility index (Phi) is 2.69. The second-order valence-electron chi connectivity index (χ2n) is 3.81. The molecule has 0 unspecified atom stereocenters. The molecule has 3 aromatic rings. The molecule has 80 valence electrons. The van der Waals surface area contributed by atoms with Gasteiger partial charge in [-0.2, -0.15) is 0 Å². The zero-order valence-corrected chi connectivity index (χ0v) is 13.3. The second-order valence-corrected chi connectivity index (χ2v) is 14.4. The summed E-state index contributed by atoms with van der Waals surface area (Å²) in [5.74, 6) is 0. The van der Waals surface area contributed by atoms with E-state index in [1.165, 1.54) is 9.76 Å². The number of H-pyrrole nitrogens is 3. The first-order valence-corrected chi connectivity index (χ1v) is 12.1. The van der Waals surface area contributed by atoms with E-state index in [9.17, 15) is 0 Å². The molecule has 3 rings (SSSR count). The summed E-state index contributed by atoms with van der Waals surface area (Å²) in [6, 6.07) is 12.8. The van der Waals surface area contributed by atoms with E-state index >= 15 is 0 Å². The summed E-state index contributed by atoms with van der Waals surface area (Å²) in [5, 5.41) is 0. The van der Waals surface area contributed by atoms with Crippen LogP contribution in [0.4, 0.5) is 0 Å². The molecule has 0 aromatic carbocycles. The SMILES string of the molecule is c1c[nH][c]([PbH]([c]2ccc[nH]2)[c]2ccc[nH]2)c1. The minimum atomic E-state index is -2.26. The fourth-order valence-corrected chi connectivity index (χ4v) is 12.6. The molecule has 0 atom stereocenters. The average molecular weight is 406 g/mol. The van der Waals surface area contributed by atoms with Crippen LogP contribution in [0.2, 0.25) is 0 Å². The molecule has 0 saturated carbocycles. The van der Waals surface area contributed by atoms with Crippen molar-refractivity contribution in [2.45, 2.75) is 0 Å². The van der Waals surface area contributed by atoms with Crippen molar-refractivity contribution in [1.82, 2.24) is 15.0 Å². The van der Waals surface area contributed by atoms with E-state index in [4.69, 9.17) is 0 Å². The van der Waals surface area contributed by atoms with E-state index in [1.807, 2.05) is 18.6 Å². The monoisotopic (exact) mass is 407 g/mol. The molecule has 4 heteroatoms. The fourth-order valence-electron chi connectivity index (χ4n) is 2.07. The van der Waals surface area contributed by atoms with Gasteiger partial charge in [0.2, 0.25) is 0 Å². The van der Waals surface area contributed by atoms with Gasteiger partial charge in [0.05, 0.1) is 0 Å². The molecule has 0 fully saturated rings. The van der Waals surface area contributed by atoms with Crippen LogP contribution in [0.5, 0.6) is 0 Å². The summed E-state index contributed by atoms with van der Waals surface area (Å²) >= 11 is -2.26. The second kappa shape index (κ2) is 4.33. The Morgan fingerprint density at radius 1 is 0.625 bits per heavy atom. The van der Waals surface area contributed by atoms with Gasteiger partial charge in [-0.3, -0.25) is 0 Å². The maximum absolute atomic E-state index is 3.37. The Labute approximate surface area is 102 Å². The van der Waals surface area contributed by atoms with E-state index in [2.05, 4.69) is 51.4 Å². The molecule has 0 radical (unpaired) electrons. The van der Waals surface area contributed by atoms with E-state index < -0.39 is 22.7 Å². The summed E-state index contributed by atoms with van der Waals surface area (Å²) in [5.41, 5.74) is 0. The number of rotatable bonds is 3. The van der Waals surface area contributed by atoms with Crippen LogP contribution in [-0.4, -0.2) is 37.7 Å². The van der Waals surface area contributed by atoms with Crippen molar-refractivity contribution < 1.29 is 0 Å². The molecule has 3 aromatic heterocycles. The Balaban J connectivity index is 2.09. The van der Waals surface area contributed by atoms with Crippen LogP contribution in [0.15, 0.2) is 55.0 Å². The zero-order chi connectivity index (χ0) is 10.8. The standard InChI is InChI=1S/3C4H4N.Pb.H/c3*1-2-4-5-3-1;;/h3*1-3,5H;;. The van der Waals surface area contributed by atoms with Crippen LogP contribution >= 0.6 is 0 Å². The van der Waals surface area contributed by atoms with Gasteiger partial charge in [-0.1, -0.05) is 0 Å². The van der Waals surface area contributed by atoms with Gasteiger partial charge in [0.1, 0.15) is 0 Å². The zero-order valence-electron chi connectivity index (χ0n) is 8.77. The summed E-state index contributed by atoms with van der Waals surface area (Å²) < 4.78 is 4.22. The van der Waals surface area contributed by atoms with Crippen LogP contribution in [0.25, 0.3) is 0 Å². The van der Waals surface area contributed by atoms with Crippen molar-refractivity contribution in [2.75, 3.05) is 0 Å². The first kappa shape index (κ1) is 9.95. The van der Waals surface area contributed by atoms with Gasteiger partial charge in [-0.05, 0) is 0 Å². The van der Waals surface area contributed by atoms with Gasteiger partial charge in [0, 0.05) is 0 Å². The Bertz CT molecular complexity index is 441. The molecular formula is C12H13N3Pb. The van der Waals surface area contributed by atoms with Gasteiger partial charge in [0.15, 0.2) is 0 Å². The summed E-state index contributed by atoms with van der Waals surface area (Å²) in [7, 11) is 0. The topological polar surface area (TPSA) is 47.4 Å². The summed E-state index contributed by atoms with van der Waals surface area (Å²) in [4.78, 5) is 10.1. The quantitative estimate of drug-likeness (QED) is 0.510. The van der Waals surface area contributed by atoms with Crippen LogP contribution in [-0.2, 0) is 0 Å². The summed E-state index contributed by atoms with van der Waals surface area (Å²) in [6.07, 6.45) is 6.02. The molecular weight excluding hydrogens is 393 g/mol. The van der Waals surface area contributed by atoms with Crippen LogP contribution in [0.3, 0.4) is 0 Å². The first-order valence-electron chi connectivity index (χ1n) is 5.35. The third-order valence-electron chi connectivity index (χ3n) is 2.80. The Hall–Kier alpha value is -1.24. The first-order chi connectivity index (χ1) is 7.95. The van der Waals surface area contributed by atoms with Crippen molar-refractivity contribution in [1.29, 1.82) is 0 Å². The fraction of sp³-hybridized carbons (Fsp3) is 0. The normalized spacial score (nSPS) is 11.1. The summed E-state index contributed by atoms with van der Waals surface area (Å²) in [6.45, 7) is 0. The Morgan fingerprint density at radius 2 is 1.00 bits per heavy atom. The van der Waals surface area contributed by atoms with E-state index in [0.717, 1.165) is 0 Å². The van der Waals surface area contributed by atoms with Crippen LogP contribution in [0.1, 0.15) is 0 Å². The average Bonchev–Trinajstić information content (AvgIpc) is 3.02. The van der Waals surface area contributed by atoms with Crippen molar-refractivity contribution >= 4 is 32.5 Å². The van der Waals surface area contributed by atoms with E-state index in [0.29, 0.717) is 0 Å². The molecule has 0 aliphatic carbocycles. The maximum atomic E-state index is 3.37. The van der Waals surface area contributed by atoms with Gasteiger partial charge >= 0.3 is 102 Å². The molecule has 0 aliphatic heterocycles. The number of aromatic nitrogens is 3. The van der Waals surface area contributed by atoms with Gasteiger partial charge in [0.25, 0.3) is 0 Å². The molecule has 3 nitrogen and oxygen atoms in total. The van der Waals surface area contributed by atoms with Crippen molar-refractivity contribution in [3.05, 3.63) is 55.0 Å². The predicted molar refractivity (Wildman–Crippen MR) is 68.4 cm³/mol. The molecule has 3 heterocycles. The van der Waals surface area contributed by atoms with Gasteiger partial charge in [-0.15, -0.1) is 0 Å². The predicted octanol–water partition coefficient (Wildman–Crippen LogP) is -0.0806. The molecule has 0 aliphatic rings. The van der Waals surface area contributed by atoms with Crippen LogP contribution in [0, 0.1) is 0 Å². The molecule has 0 bridgehead atoms. The van der Waals surface area contributed by atoms with Crippen molar-refractivity contribution in [3.63, 3.8) is 0 Å². The molecule has 0 saturated heterocycles. The van der Waals surface area contributed by atoms with Gasteiger partial charge < -0.3 is 0 Å². The third kappa shape index (κ3) is 1.75. The molecule has 16 heavy (non-hydrogen) atoms. The number of hydrogen-bond donors (Lipinski definition) is 3. The Morgan fingerprint density at radius 3 is 1.25 bits per heavy atom. The van der Waals surface area contributed by atoms with Gasteiger partial charge in [-0.25, -0.2) is 0 Å². The van der Waals surface area contributed by atoms with Crippen LogP contribution < -0.4 is 9.76 Å². The number of nitrogens with one attached hydrogen (secondary N) is 3. The van der Waals surface area contributed by atoms with Crippen molar-refractivity contribution in [3.8, 4) is 0 Å². The molecule has 3 N–H and O–H groups in total. The molecule has 0 amide bonds. The number of hydrogen-bond acceptors (Lipinski definition) is 0. The van der Waals surface area contributed by atoms with E-state index in [-0.39, 0.29) is 0 Å². The third-order valence-corrected chi connectivity index (χ3v) is 14.2. The van der Waals surface area contributed by atoms with Crippen molar-refractivity contribution in [2.24, 2.45) is 0 Å². The minimum absolute atomic E-state index is 1.41. The molecule has 0 spiro atoms. The number of aromatic amines is 3.